The molecule has 1 heterocycles. The molecule has 3 N–H and O–H groups in total. The summed E-state index contributed by atoms with van der Waals surface area (Å²) in [5.74, 6) is 2.06. The number of hydrogen-bond acceptors (Lipinski definition) is 7. The minimum atomic E-state index is -1.13. The molecule has 1 aliphatic heterocycles. The molecule has 7 nitrogen and oxygen atoms in total. The van der Waals surface area contributed by atoms with Crippen molar-refractivity contribution < 1.29 is 34.3 Å². The van der Waals surface area contributed by atoms with Crippen LogP contribution in [0.5, 0.6) is 17.2 Å². The number of hydrogen-bond donors (Lipinski definition) is 3. The lowest BCUT2D eigenvalue weighted by molar-refractivity contribution is -0.181. The van der Waals surface area contributed by atoms with Gasteiger partial charge in [-0.2, -0.15) is 0 Å². The van der Waals surface area contributed by atoms with Gasteiger partial charge < -0.3 is 34.3 Å². The lowest BCUT2D eigenvalue weighted by Gasteiger charge is -2.37. The van der Waals surface area contributed by atoms with Crippen LogP contribution >= 0.6 is 0 Å². The molecule has 0 bridgehead atoms. The molecular formula is C23H30O7. The zero-order chi connectivity index (χ0) is 21.7. The van der Waals surface area contributed by atoms with E-state index in [1.54, 1.807) is 20.3 Å². The number of aliphatic hydroxyl groups is 3. The van der Waals surface area contributed by atoms with Crippen LogP contribution in [-0.2, 0) is 11.2 Å². The van der Waals surface area contributed by atoms with Crippen molar-refractivity contribution in [3.05, 3.63) is 53.1 Å². The van der Waals surface area contributed by atoms with Gasteiger partial charge in [0.2, 0.25) is 0 Å². The fraction of sp³-hybridized carbons (Fsp3) is 0.478. The highest BCUT2D eigenvalue weighted by molar-refractivity contribution is 5.49. The summed E-state index contributed by atoms with van der Waals surface area (Å²) < 4.78 is 22.5. The van der Waals surface area contributed by atoms with Crippen molar-refractivity contribution >= 4 is 0 Å². The van der Waals surface area contributed by atoms with E-state index < -0.39 is 24.4 Å². The van der Waals surface area contributed by atoms with E-state index in [0.717, 1.165) is 22.4 Å². The average Bonchev–Trinajstić information content (AvgIpc) is 2.76. The van der Waals surface area contributed by atoms with E-state index >= 15 is 0 Å². The van der Waals surface area contributed by atoms with Gasteiger partial charge in [-0.1, -0.05) is 12.1 Å². The summed E-state index contributed by atoms with van der Waals surface area (Å²) in [6, 6.07) is 11.6. The SMILES string of the molecule is CCOc1ccc(Cc2cc(C3CC(O)[C@H](O)C(CO)O3)c(OC)cc2OC)cc1. The molecule has 4 atom stereocenters. The molecule has 7 heteroatoms. The summed E-state index contributed by atoms with van der Waals surface area (Å²) in [5, 5.41) is 29.8. The van der Waals surface area contributed by atoms with Crippen LogP contribution in [0.15, 0.2) is 36.4 Å². The monoisotopic (exact) mass is 418 g/mol. The maximum Gasteiger partial charge on any atom is 0.128 e. The molecule has 2 aromatic carbocycles. The summed E-state index contributed by atoms with van der Waals surface area (Å²) in [6.45, 7) is 2.18. The molecule has 0 aromatic heterocycles. The van der Waals surface area contributed by atoms with Crippen LogP contribution < -0.4 is 14.2 Å². The maximum atomic E-state index is 10.2. The van der Waals surface area contributed by atoms with Crippen molar-refractivity contribution in [1.29, 1.82) is 0 Å². The molecule has 1 aliphatic rings. The lowest BCUT2D eigenvalue weighted by atomic mass is 9.91. The average molecular weight is 418 g/mol. The number of rotatable bonds is 8. The largest absolute Gasteiger partial charge is 0.496 e. The Labute approximate surface area is 176 Å². The molecule has 0 aliphatic carbocycles. The van der Waals surface area contributed by atoms with Gasteiger partial charge in [-0.15, -0.1) is 0 Å². The van der Waals surface area contributed by atoms with Gasteiger partial charge in [0, 0.05) is 24.5 Å². The van der Waals surface area contributed by atoms with Gasteiger partial charge in [-0.05, 0) is 36.2 Å². The van der Waals surface area contributed by atoms with E-state index in [-0.39, 0.29) is 13.0 Å². The Hall–Kier alpha value is -2.32. The van der Waals surface area contributed by atoms with Gasteiger partial charge >= 0.3 is 0 Å². The Bertz CT molecular complexity index is 821. The van der Waals surface area contributed by atoms with Crippen molar-refractivity contribution in [2.24, 2.45) is 0 Å². The predicted molar refractivity (Wildman–Crippen MR) is 111 cm³/mol. The van der Waals surface area contributed by atoms with Gasteiger partial charge in [0.15, 0.2) is 0 Å². The Kier molecular flexibility index (Phi) is 7.55. The minimum Gasteiger partial charge on any atom is -0.496 e. The van der Waals surface area contributed by atoms with Crippen LogP contribution in [0.2, 0.25) is 0 Å². The molecule has 3 rings (SSSR count). The molecule has 0 saturated carbocycles. The molecule has 2 aromatic rings. The third-order valence-electron chi connectivity index (χ3n) is 5.36. The third kappa shape index (κ3) is 4.87. The highest BCUT2D eigenvalue weighted by Crippen LogP contribution is 2.40. The van der Waals surface area contributed by atoms with Crippen LogP contribution in [-0.4, -0.2) is 61.1 Å². The molecule has 0 spiro atoms. The van der Waals surface area contributed by atoms with Crippen molar-refractivity contribution in [3.8, 4) is 17.2 Å². The highest BCUT2D eigenvalue weighted by Gasteiger charge is 2.38. The number of aliphatic hydroxyl groups excluding tert-OH is 3. The second-order valence-electron chi connectivity index (χ2n) is 7.30. The summed E-state index contributed by atoms with van der Waals surface area (Å²) in [6.07, 6.45) is -2.70. The molecule has 1 saturated heterocycles. The van der Waals surface area contributed by atoms with Crippen LogP contribution in [0, 0.1) is 0 Å². The van der Waals surface area contributed by atoms with E-state index in [2.05, 4.69) is 0 Å². The fourth-order valence-corrected chi connectivity index (χ4v) is 3.78. The van der Waals surface area contributed by atoms with Crippen LogP contribution in [0.1, 0.15) is 36.1 Å². The highest BCUT2D eigenvalue weighted by atomic mass is 16.5. The molecule has 164 valence electrons. The predicted octanol–water partition coefficient (Wildman–Crippen LogP) is 2.24. The van der Waals surface area contributed by atoms with Crippen molar-refractivity contribution in [2.45, 2.75) is 44.2 Å². The normalized spacial score (nSPS) is 23.8. The van der Waals surface area contributed by atoms with Crippen LogP contribution in [0.3, 0.4) is 0 Å². The van der Waals surface area contributed by atoms with Crippen molar-refractivity contribution in [1.82, 2.24) is 0 Å². The maximum absolute atomic E-state index is 10.2. The van der Waals surface area contributed by atoms with E-state index in [9.17, 15) is 15.3 Å². The second-order valence-corrected chi connectivity index (χ2v) is 7.30. The Morgan fingerprint density at radius 1 is 1.03 bits per heavy atom. The smallest absolute Gasteiger partial charge is 0.128 e. The number of methoxy groups -OCH3 is 2. The third-order valence-corrected chi connectivity index (χ3v) is 5.36. The Balaban J connectivity index is 1.92. The van der Waals surface area contributed by atoms with E-state index in [4.69, 9.17) is 18.9 Å². The Morgan fingerprint density at radius 2 is 1.73 bits per heavy atom. The first-order valence-corrected chi connectivity index (χ1v) is 10.1. The summed E-state index contributed by atoms with van der Waals surface area (Å²) in [4.78, 5) is 0. The van der Waals surface area contributed by atoms with Crippen molar-refractivity contribution in [2.75, 3.05) is 27.4 Å². The van der Waals surface area contributed by atoms with Gasteiger partial charge in [0.1, 0.15) is 29.5 Å². The molecule has 0 amide bonds. The van der Waals surface area contributed by atoms with Gasteiger partial charge in [-0.25, -0.2) is 0 Å². The molecule has 3 unspecified atom stereocenters. The summed E-state index contributed by atoms with van der Waals surface area (Å²) >= 11 is 0. The van der Waals surface area contributed by atoms with Gasteiger partial charge in [-0.3, -0.25) is 0 Å². The molecule has 1 fully saturated rings. The quantitative estimate of drug-likeness (QED) is 0.605. The fourth-order valence-electron chi connectivity index (χ4n) is 3.78. The summed E-state index contributed by atoms with van der Waals surface area (Å²) in [5.41, 5.74) is 2.76. The van der Waals surface area contributed by atoms with E-state index in [1.165, 1.54) is 0 Å². The first-order chi connectivity index (χ1) is 14.5. The number of ether oxygens (including phenoxy) is 4. The zero-order valence-corrected chi connectivity index (χ0v) is 17.6. The van der Waals surface area contributed by atoms with Gasteiger partial charge in [0.25, 0.3) is 0 Å². The first-order valence-electron chi connectivity index (χ1n) is 10.1. The zero-order valence-electron chi connectivity index (χ0n) is 17.6. The lowest BCUT2D eigenvalue weighted by Crippen LogP contribution is -2.47. The van der Waals surface area contributed by atoms with E-state index in [1.807, 2.05) is 37.3 Å². The number of benzene rings is 2. The second kappa shape index (κ2) is 10.1. The van der Waals surface area contributed by atoms with E-state index in [0.29, 0.717) is 24.5 Å². The topological polar surface area (TPSA) is 97.6 Å². The van der Waals surface area contributed by atoms with Gasteiger partial charge in [0.05, 0.1) is 39.6 Å². The first kappa shape index (κ1) is 22.4. The van der Waals surface area contributed by atoms with Crippen LogP contribution in [0.4, 0.5) is 0 Å². The van der Waals surface area contributed by atoms with Crippen LogP contribution in [0.25, 0.3) is 0 Å². The molecule has 0 radical (unpaired) electrons. The summed E-state index contributed by atoms with van der Waals surface area (Å²) in [7, 11) is 3.16. The molecular weight excluding hydrogens is 388 g/mol. The Morgan fingerprint density at radius 3 is 2.33 bits per heavy atom. The molecule has 30 heavy (non-hydrogen) atoms. The standard InChI is InChI=1S/C23H30O7/c1-4-29-16-7-5-14(6-8-16)9-15-10-17(20(28-3)12-19(15)27-2)21-11-18(25)23(26)22(13-24)30-21/h5-8,10,12,18,21-26H,4,9,11,13H2,1-3H3/t18?,21?,22?,23-/m0/s1. The minimum absolute atomic E-state index is 0.197. The van der Waals surface area contributed by atoms with Crippen molar-refractivity contribution in [3.63, 3.8) is 0 Å².